The summed E-state index contributed by atoms with van der Waals surface area (Å²) in [5, 5.41) is 9.09. The van der Waals surface area contributed by atoms with E-state index in [4.69, 9.17) is 5.11 Å². The van der Waals surface area contributed by atoms with Gasteiger partial charge in [-0.15, -0.1) is 0 Å². The Bertz CT molecular complexity index is 703. The van der Waals surface area contributed by atoms with Crippen molar-refractivity contribution in [3.05, 3.63) is 60.2 Å². The van der Waals surface area contributed by atoms with Crippen molar-refractivity contribution < 1.29 is 5.11 Å². The molecule has 0 radical (unpaired) electrons. The molecule has 0 saturated carbocycles. The zero-order valence-electron chi connectivity index (χ0n) is 16.1. The molecular formula is C23H31N3O. The minimum absolute atomic E-state index is 0.271. The van der Waals surface area contributed by atoms with Crippen LogP contribution in [0.25, 0.3) is 6.08 Å². The highest BCUT2D eigenvalue weighted by molar-refractivity contribution is 5.71. The van der Waals surface area contributed by atoms with Gasteiger partial charge in [0.25, 0.3) is 0 Å². The van der Waals surface area contributed by atoms with Crippen molar-refractivity contribution in [1.82, 2.24) is 9.80 Å². The number of rotatable bonds is 6. The largest absolute Gasteiger partial charge is 0.395 e. The quantitative estimate of drug-likeness (QED) is 0.839. The molecule has 1 aromatic carbocycles. The molecule has 2 heterocycles. The SMILES string of the molecule is OCCN1CCN(CCCN2c3ccccc3C=CC3C=CC=CC32)CC1. The van der Waals surface area contributed by atoms with Gasteiger partial charge < -0.3 is 14.9 Å². The van der Waals surface area contributed by atoms with E-state index in [1.807, 2.05) is 0 Å². The number of β-amino-alcohol motifs (C(OH)–C–C–N with tert-alkyl or cyclic N) is 1. The number of aliphatic hydroxyl groups excluding tert-OH is 1. The van der Waals surface area contributed by atoms with Crippen molar-refractivity contribution in [3.8, 4) is 0 Å². The monoisotopic (exact) mass is 365 g/mol. The Morgan fingerprint density at radius 2 is 1.59 bits per heavy atom. The fraction of sp³-hybridized carbons (Fsp3) is 0.478. The Hall–Kier alpha value is -1.88. The van der Waals surface area contributed by atoms with E-state index in [1.54, 1.807) is 0 Å². The second-order valence-corrected chi connectivity index (χ2v) is 7.71. The Morgan fingerprint density at radius 3 is 2.41 bits per heavy atom. The van der Waals surface area contributed by atoms with E-state index in [0.717, 1.165) is 45.8 Å². The highest BCUT2D eigenvalue weighted by atomic mass is 16.3. The smallest absolute Gasteiger partial charge is 0.0573 e. The second kappa shape index (κ2) is 8.87. The number of fused-ring (bicyclic) bond motifs is 2. The molecular weight excluding hydrogens is 334 g/mol. The topological polar surface area (TPSA) is 30.0 Å². The molecule has 144 valence electrons. The minimum Gasteiger partial charge on any atom is -0.395 e. The van der Waals surface area contributed by atoms with Crippen molar-refractivity contribution in [2.75, 3.05) is 57.3 Å². The molecule has 1 saturated heterocycles. The van der Waals surface area contributed by atoms with Gasteiger partial charge in [0.15, 0.2) is 0 Å². The molecule has 3 aliphatic rings. The third-order valence-electron chi connectivity index (χ3n) is 6.01. The maximum absolute atomic E-state index is 9.09. The van der Waals surface area contributed by atoms with Crippen LogP contribution in [0.15, 0.2) is 54.6 Å². The van der Waals surface area contributed by atoms with Crippen LogP contribution in [0.4, 0.5) is 5.69 Å². The highest BCUT2D eigenvalue weighted by Gasteiger charge is 2.27. The van der Waals surface area contributed by atoms with Gasteiger partial charge in [-0.25, -0.2) is 0 Å². The van der Waals surface area contributed by atoms with Crippen molar-refractivity contribution in [3.63, 3.8) is 0 Å². The lowest BCUT2D eigenvalue weighted by molar-refractivity contribution is 0.112. The van der Waals surface area contributed by atoms with Gasteiger partial charge in [0, 0.05) is 50.9 Å². The number of aliphatic hydroxyl groups is 1. The molecule has 2 unspecified atom stereocenters. The van der Waals surface area contributed by atoms with Gasteiger partial charge in [-0.3, -0.25) is 4.90 Å². The standard InChI is InChI=1S/C23H31N3O/c27-19-18-25-16-14-24(15-17-25)12-5-13-26-22-8-3-1-6-20(22)10-11-21-7-2-4-9-23(21)26/h1-4,6-11,20,22,27H,5,12-19H2. The first-order valence-electron chi connectivity index (χ1n) is 10.3. The third-order valence-corrected chi connectivity index (χ3v) is 6.01. The first-order valence-corrected chi connectivity index (χ1v) is 10.3. The van der Waals surface area contributed by atoms with Crippen LogP contribution in [0, 0.1) is 5.92 Å². The van der Waals surface area contributed by atoms with Crippen LogP contribution in [-0.4, -0.2) is 73.4 Å². The number of para-hydroxylation sites is 1. The van der Waals surface area contributed by atoms with Crippen LogP contribution in [0.3, 0.4) is 0 Å². The lowest BCUT2D eigenvalue weighted by Gasteiger charge is -2.37. The molecule has 0 bridgehead atoms. The third kappa shape index (κ3) is 4.34. The van der Waals surface area contributed by atoms with E-state index >= 15 is 0 Å². The number of benzene rings is 1. The average molecular weight is 366 g/mol. The summed E-state index contributed by atoms with van der Waals surface area (Å²) in [6.45, 7) is 7.70. The molecule has 27 heavy (non-hydrogen) atoms. The number of nitrogens with zero attached hydrogens (tertiary/aromatic N) is 3. The molecule has 1 fully saturated rings. The molecule has 0 aromatic heterocycles. The summed E-state index contributed by atoms with van der Waals surface area (Å²) in [4.78, 5) is 7.53. The first kappa shape index (κ1) is 18.5. The molecule has 4 rings (SSSR count). The van der Waals surface area contributed by atoms with E-state index in [0.29, 0.717) is 12.0 Å². The van der Waals surface area contributed by atoms with Crippen molar-refractivity contribution in [1.29, 1.82) is 0 Å². The Labute approximate surface area is 163 Å². The molecule has 4 heteroatoms. The van der Waals surface area contributed by atoms with Crippen LogP contribution in [0.1, 0.15) is 12.0 Å². The van der Waals surface area contributed by atoms with Gasteiger partial charge in [0.05, 0.1) is 12.6 Å². The fourth-order valence-electron chi connectivity index (χ4n) is 4.48. The maximum Gasteiger partial charge on any atom is 0.0573 e. The van der Waals surface area contributed by atoms with Crippen LogP contribution in [-0.2, 0) is 0 Å². The molecule has 0 spiro atoms. The Morgan fingerprint density at radius 1 is 0.852 bits per heavy atom. The van der Waals surface area contributed by atoms with E-state index in [9.17, 15) is 0 Å². The minimum atomic E-state index is 0.271. The fourth-order valence-corrected chi connectivity index (χ4v) is 4.48. The normalized spacial score (nSPS) is 25.3. The Kier molecular flexibility index (Phi) is 6.07. The van der Waals surface area contributed by atoms with Gasteiger partial charge in [0.1, 0.15) is 0 Å². The first-order chi connectivity index (χ1) is 13.3. The van der Waals surface area contributed by atoms with Crippen molar-refractivity contribution in [2.45, 2.75) is 12.5 Å². The number of allylic oxidation sites excluding steroid dienone is 2. The average Bonchev–Trinajstić information content (AvgIpc) is 2.87. The van der Waals surface area contributed by atoms with Crippen LogP contribution < -0.4 is 4.90 Å². The van der Waals surface area contributed by atoms with Gasteiger partial charge in [0.2, 0.25) is 0 Å². The second-order valence-electron chi connectivity index (χ2n) is 7.71. The number of hydrogen-bond donors (Lipinski definition) is 1. The van der Waals surface area contributed by atoms with Crippen molar-refractivity contribution >= 4 is 11.8 Å². The summed E-state index contributed by atoms with van der Waals surface area (Å²) in [6, 6.07) is 9.19. The van der Waals surface area contributed by atoms with Gasteiger partial charge >= 0.3 is 0 Å². The van der Waals surface area contributed by atoms with Gasteiger partial charge in [-0.05, 0) is 24.6 Å². The van der Waals surface area contributed by atoms with Crippen LogP contribution >= 0.6 is 0 Å². The maximum atomic E-state index is 9.09. The molecule has 4 nitrogen and oxygen atoms in total. The van der Waals surface area contributed by atoms with E-state index in [-0.39, 0.29) is 6.61 Å². The number of piperazine rings is 1. The molecule has 1 N–H and O–H groups in total. The van der Waals surface area contributed by atoms with E-state index < -0.39 is 0 Å². The Balaban J connectivity index is 1.38. The summed E-state index contributed by atoms with van der Waals surface area (Å²) >= 11 is 0. The lowest BCUT2D eigenvalue weighted by Crippen LogP contribution is -2.48. The molecule has 0 amide bonds. The molecule has 2 atom stereocenters. The predicted molar refractivity (Wildman–Crippen MR) is 113 cm³/mol. The highest BCUT2D eigenvalue weighted by Crippen LogP contribution is 2.33. The molecule has 2 aliphatic heterocycles. The number of anilines is 1. The molecule has 1 aromatic rings. The van der Waals surface area contributed by atoms with Gasteiger partial charge in [-0.2, -0.15) is 0 Å². The van der Waals surface area contributed by atoms with Crippen LogP contribution in [0.5, 0.6) is 0 Å². The summed E-state index contributed by atoms with van der Waals surface area (Å²) in [6.07, 6.45) is 14.9. The molecule has 1 aliphatic carbocycles. The van der Waals surface area contributed by atoms with Gasteiger partial charge in [-0.1, -0.05) is 54.7 Å². The van der Waals surface area contributed by atoms with E-state index in [2.05, 4.69) is 75.4 Å². The summed E-state index contributed by atoms with van der Waals surface area (Å²) in [7, 11) is 0. The van der Waals surface area contributed by atoms with E-state index in [1.165, 1.54) is 17.7 Å². The van der Waals surface area contributed by atoms with Crippen molar-refractivity contribution in [2.24, 2.45) is 5.92 Å². The zero-order valence-corrected chi connectivity index (χ0v) is 16.1. The zero-order chi connectivity index (χ0) is 18.5. The summed E-state index contributed by atoms with van der Waals surface area (Å²) in [5.41, 5.74) is 2.68. The lowest BCUT2D eigenvalue weighted by atomic mass is 9.94. The summed E-state index contributed by atoms with van der Waals surface area (Å²) in [5.74, 6) is 0.449. The van der Waals surface area contributed by atoms with Crippen LogP contribution in [0.2, 0.25) is 0 Å². The number of hydrogen-bond acceptors (Lipinski definition) is 4. The predicted octanol–water partition coefficient (Wildman–Crippen LogP) is 2.63. The summed E-state index contributed by atoms with van der Waals surface area (Å²) < 4.78 is 0.